The fourth-order valence-electron chi connectivity index (χ4n) is 4.36. The number of aryl methyl sites for hydroxylation is 1. The van der Waals surface area contributed by atoms with Gasteiger partial charge in [0.15, 0.2) is 0 Å². The molecule has 0 aliphatic carbocycles. The predicted molar refractivity (Wildman–Crippen MR) is 143 cm³/mol. The summed E-state index contributed by atoms with van der Waals surface area (Å²) in [5.41, 5.74) is 11.7. The van der Waals surface area contributed by atoms with Crippen molar-refractivity contribution in [3.8, 4) is 11.3 Å². The molecule has 4 N–H and O–H groups in total. The zero-order valence-electron chi connectivity index (χ0n) is 20.0. The summed E-state index contributed by atoms with van der Waals surface area (Å²) >= 11 is 0. The van der Waals surface area contributed by atoms with Gasteiger partial charge in [-0.2, -0.15) is 0 Å². The average Bonchev–Trinajstić information content (AvgIpc) is 3.27. The molecule has 0 radical (unpaired) electrons. The van der Waals surface area contributed by atoms with Crippen LogP contribution < -0.4 is 11.1 Å². The number of nitrogens with two attached hydrogens (primary N) is 1. The summed E-state index contributed by atoms with van der Waals surface area (Å²) in [6.07, 6.45) is 7.49. The van der Waals surface area contributed by atoms with Gasteiger partial charge in [-0.15, -0.1) is 0 Å². The van der Waals surface area contributed by atoms with Gasteiger partial charge in [-0.25, -0.2) is 9.37 Å². The number of aromatic amines is 1. The third-order valence-electron chi connectivity index (χ3n) is 6.36. The molecular weight excluding hydrogens is 453 g/mol. The Hall–Kier alpha value is -4.23. The first-order valence-corrected chi connectivity index (χ1v) is 12.0. The number of nitrogens with one attached hydrogen (secondary N) is 2. The lowest BCUT2D eigenvalue weighted by molar-refractivity contribution is -0.117. The van der Waals surface area contributed by atoms with Crippen molar-refractivity contribution in [2.24, 2.45) is 5.73 Å². The van der Waals surface area contributed by atoms with Crippen molar-refractivity contribution in [3.05, 3.63) is 102 Å². The molecule has 2 aromatic heterocycles. The van der Waals surface area contributed by atoms with Crippen LogP contribution in [0.25, 0.3) is 27.9 Å². The van der Waals surface area contributed by atoms with E-state index in [2.05, 4.69) is 32.3 Å². The maximum absolute atomic E-state index is 13.6. The number of benzene rings is 2. The lowest BCUT2D eigenvalue weighted by Crippen LogP contribution is -2.36. The number of nitrogens with zero attached hydrogens (tertiary/aromatic N) is 2. The number of aromatic nitrogens is 2. The van der Waals surface area contributed by atoms with Gasteiger partial charge in [0.2, 0.25) is 5.91 Å². The normalized spacial score (nSPS) is 14.1. The second-order valence-electron chi connectivity index (χ2n) is 9.01. The number of carbonyl (C=O) groups excluding carboxylic acids is 1. The maximum Gasteiger partial charge on any atom is 0.242 e. The molecule has 36 heavy (non-hydrogen) atoms. The summed E-state index contributed by atoms with van der Waals surface area (Å²) in [4.78, 5) is 22.9. The van der Waals surface area contributed by atoms with E-state index in [-0.39, 0.29) is 11.7 Å². The third kappa shape index (κ3) is 5.06. The van der Waals surface area contributed by atoms with Gasteiger partial charge < -0.3 is 20.9 Å². The summed E-state index contributed by atoms with van der Waals surface area (Å²) < 4.78 is 13.6. The molecule has 0 unspecified atom stereocenters. The number of amides is 1. The third-order valence-corrected chi connectivity index (χ3v) is 6.36. The Morgan fingerprint density at radius 3 is 2.64 bits per heavy atom. The number of hydrogen-bond donors (Lipinski definition) is 3. The molecule has 0 saturated heterocycles. The van der Waals surface area contributed by atoms with Crippen molar-refractivity contribution in [1.82, 2.24) is 14.9 Å². The van der Waals surface area contributed by atoms with E-state index in [4.69, 9.17) is 5.73 Å². The number of anilines is 1. The lowest BCUT2D eigenvalue weighted by atomic mass is 9.97. The summed E-state index contributed by atoms with van der Waals surface area (Å²) in [5, 5.41) is 3.77. The molecule has 1 aliphatic rings. The van der Waals surface area contributed by atoms with Gasteiger partial charge in [-0.1, -0.05) is 36.4 Å². The number of halogens is 1. The molecule has 7 heteroatoms. The fourth-order valence-corrected chi connectivity index (χ4v) is 4.36. The van der Waals surface area contributed by atoms with E-state index in [1.807, 2.05) is 49.6 Å². The van der Waals surface area contributed by atoms with E-state index in [0.29, 0.717) is 17.9 Å². The Balaban J connectivity index is 1.42. The first kappa shape index (κ1) is 23.5. The monoisotopic (exact) mass is 481 g/mol. The smallest absolute Gasteiger partial charge is 0.242 e. The number of fused-ring (bicyclic) bond motifs is 1. The van der Waals surface area contributed by atoms with Crippen LogP contribution >= 0.6 is 0 Å². The van der Waals surface area contributed by atoms with E-state index >= 15 is 0 Å². The standard InChI is InChI=1S/C29H28FN5O/c1-35-17-15-20(16-18-35)26-23-12-14-25(32-28(23)34-27(26)21-8-10-22(30)11-9-21)33-29(36)24(31)13-7-19-5-3-2-4-6-19/h2-6,8-12,14-17,24H,7,13,18,31H2,1H3,(H2,32,33,34,36)/t24-/m1/s1. The zero-order chi connectivity index (χ0) is 25.1. The topological polar surface area (TPSA) is 87.0 Å². The quantitative estimate of drug-likeness (QED) is 0.342. The number of pyridine rings is 1. The number of carbonyl (C=O) groups is 1. The predicted octanol–water partition coefficient (Wildman–Crippen LogP) is 5.11. The Labute approximate surface area is 209 Å². The highest BCUT2D eigenvalue weighted by molar-refractivity contribution is 6.02. The van der Waals surface area contributed by atoms with Crippen molar-refractivity contribution in [1.29, 1.82) is 0 Å². The number of allylic oxidation sites excluding steroid dienone is 2. The van der Waals surface area contributed by atoms with Gasteiger partial charge in [-0.05, 0) is 78.2 Å². The molecule has 5 rings (SSSR count). The lowest BCUT2D eigenvalue weighted by Gasteiger charge is -2.18. The molecule has 0 saturated carbocycles. The molecule has 4 aromatic rings. The van der Waals surface area contributed by atoms with Crippen molar-refractivity contribution >= 4 is 28.3 Å². The van der Waals surface area contributed by atoms with Gasteiger partial charge in [0.1, 0.15) is 17.3 Å². The molecule has 0 fully saturated rings. The van der Waals surface area contributed by atoms with Crippen LogP contribution in [0, 0.1) is 5.82 Å². The average molecular weight is 482 g/mol. The summed E-state index contributed by atoms with van der Waals surface area (Å²) in [6, 6.07) is 19.4. The van der Waals surface area contributed by atoms with Crippen LogP contribution in [0.1, 0.15) is 17.5 Å². The van der Waals surface area contributed by atoms with Crippen LogP contribution in [-0.4, -0.2) is 40.4 Å². The van der Waals surface area contributed by atoms with Crippen LogP contribution in [0.5, 0.6) is 0 Å². The minimum absolute atomic E-state index is 0.274. The molecular formula is C29H28FN5O. The number of H-pyrrole nitrogens is 1. The van der Waals surface area contributed by atoms with Crippen LogP contribution in [-0.2, 0) is 11.2 Å². The second-order valence-corrected chi connectivity index (χ2v) is 9.01. The Morgan fingerprint density at radius 2 is 1.92 bits per heavy atom. The maximum atomic E-state index is 13.6. The van der Waals surface area contributed by atoms with Gasteiger partial charge in [0.05, 0.1) is 11.7 Å². The van der Waals surface area contributed by atoms with Crippen molar-refractivity contribution in [3.63, 3.8) is 0 Å². The highest BCUT2D eigenvalue weighted by atomic mass is 19.1. The molecule has 6 nitrogen and oxygen atoms in total. The van der Waals surface area contributed by atoms with Crippen molar-refractivity contribution < 1.29 is 9.18 Å². The Morgan fingerprint density at radius 1 is 1.14 bits per heavy atom. The Bertz CT molecular complexity index is 1440. The van der Waals surface area contributed by atoms with E-state index in [0.717, 1.165) is 46.3 Å². The van der Waals surface area contributed by atoms with E-state index in [1.165, 1.54) is 12.1 Å². The molecule has 3 heterocycles. The number of hydrogen-bond acceptors (Lipinski definition) is 4. The largest absolute Gasteiger partial charge is 0.377 e. The second kappa shape index (κ2) is 10.2. The number of rotatable bonds is 7. The van der Waals surface area contributed by atoms with Crippen LogP contribution in [0.3, 0.4) is 0 Å². The first-order chi connectivity index (χ1) is 17.5. The van der Waals surface area contributed by atoms with Crippen molar-refractivity contribution in [2.75, 3.05) is 18.9 Å². The summed E-state index contributed by atoms with van der Waals surface area (Å²) in [7, 11) is 2.01. The van der Waals surface area contributed by atoms with Crippen molar-refractivity contribution in [2.45, 2.75) is 18.9 Å². The minimum Gasteiger partial charge on any atom is -0.377 e. The SMILES string of the molecule is CN1C=CC(c2c(-c3ccc(F)cc3)[nH]c3nc(NC(=O)[C@H](N)CCc4ccccc4)ccc23)=CC1. The van der Waals surface area contributed by atoms with Crippen LogP contribution in [0.4, 0.5) is 10.2 Å². The van der Waals surface area contributed by atoms with Crippen LogP contribution in [0.2, 0.25) is 0 Å². The molecule has 182 valence electrons. The molecule has 1 aliphatic heterocycles. The molecule has 0 bridgehead atoms. The first-order valence-electron chi connectivity index (χ1n) is 12.0. The fraction of sp³-hybridized carbons (Fsp3) is 0.172. The molecule has 2 aromatic carbocycles. The zero-order valence-corrected chi connectivity index (χ0v) is 20.0. The van der Waals surface area contributed by atoms with Crippen LogP contribution in [0.15, 0.2) is 85.1 Å². The molecule has 1 amide bonds. The van der Waals surface area contributed by atoms with E-state index in [9.17, 15) is 9.18 Å². The molecule has 1 atom stereocenters. The van der Waals surface area contributed by atoms with E-state index < -0.39 is 6.04 Å². The number of likely N-dealkylation sites (N-methyl/N-ethyl adjacent to an activating group) is 1. The van der Waals surface area contributed by atoms with Gasteiger partial charge in [0, 0.05) is 24.5 Å². The summed E-state index contributed by atoms with van der Waals surface area (Å²) in [5.74, 6) is -0.139. The van der Waals surface area contributed by atoms with Gasteiger partial charge in [-0.3, -0.25) is 4.79 Å². The van der Waals surface area contributed by atoms with E-state index in [1.54, 1.807) is 18.2 Å². The van der Waals surface area contributed by atoms with Gasteiger partial charge in [0.25, 0.3) is 0 Å². The summed E-state index contributed by atoms with van der Waals surface area (Å²) in [6.45, 7) is 0.782. The minimum atomic E-state index is -0.647. The Kier molecular flexibility index (Phi) is 6.64. The molecule has 0 spiro atoms. The highest BCUT2D eigenvalue weighted by Crippen LogP contribution is 2.36. The highest BCUT2D eigenvalue weighted by Gasteiger charge is 2.20. The van der Waals surface area contributed by atoms with Gasteiger partial charge >= 0.3 is 0 Å².